The van der Waals surface area contributed by atoms with Crippen LogP contribution in [0.3, 0.4) is 0 Å². The minimum atomic E-state index is -3.05. The third kappa shape index (κ3) is 6.53. The molecule has 0 aromatic rings. The Labute approximate surface area is 78.1 Å². The topological polar surface area (TPSA) is 83.5 Å². The van der Waals surface area contributed by atoms with Crippen LogP contribution in [0.25, 0.3) is 0 Å². The molecule has 0 aliphatic heterocycles. The van der Waals surface area contributed by atoms with Gasteiger partial charge >= 0.3 is 5.97 Å². The van der Waals surface area contributed by atoms with Gasteiger partial charge < -0.3 is 10.4 Å². The number of carboxylic acid groups (broad SMARTS) is 1. The quantitative estimate of drug-likeness (QED) is 0.636. The van der Waals surface area contributed by atoms with E-state index in [1.54, 1.807) is 6.92 Å². The number of carboxylic acids is 1. The molecule has 5 nitrogen and oxygen atoms in total. The first-order valence-corrected chi connectivity index (χ1v) is 5.95. The van der Waals surface area contributed by atoms with E-state index in [1.807, 2.05) is 0 Å². The molecule has 0 rings (SSSR count). The summed E-state index contributed by atoms with van der Waals surface area (Å²) < 4.78 is 21.6. The van der Waals surface area contributed by atoms with E-state index in [1.165, 1.54) is 6.92 Å². The normalized spacial score (nSPS) is 16.5. The second-order valence-electron chi connectivity index (χ2n) is 3.22. The summed E-state index contributed by atoms with van der Waals surface area (Å²) in [4.78, 5) is 10.4. The lowest BCUT2D eigenvalue weighted by molar-refractivity contribution is -0.139. The Bertz CT molecular complexity index is 272. The van der Waals surface area contributed by atoms with E-state index in [2.05, 4.69) is 5.32 Å². The Hall–Kier alpha value is -0.620. The van der Waals surface area contributed by atoms with Crippen LogP contribution in [-0.4, -0.2) is 43.6 Å². The molecule has 0 aliphatic carbocycles. The van der Waals surface area contributed by atoms with E-state index in [4.69, 9.17) is 5.11 Å². The molecule has 78 valence electrons. The number of hydrogen-bond acceptors (Lipinski definition) is 4. The number of sulfone groups is 1. The summed E-state index contributed by atoms with van der Waals surface area (Å²) in [6.45, 7) is 3.11. The summed E-state index contributed by atoms with van der Waals surface area (Å²) in [5.74, 6) is -1.04. The van der Waals surface area contributed by atoms with Crippen LogP contribution in [0.5, 0.6) is 0 Å². The van der Waals surface area contributed by atoms with E-state index in [9.17, 15) is 13.2 Å². The predicted molar refractivity (Wildman–Crippen MR) is 49.4 cm³/mol. The van der Waals surface area contributed by atoms with E-state index < -0.39 is 21.8 Å². The molecule has 0 radical (unpaired) electrons. The van der Waals surface area contributed by atoms with Gasteiger partial charge in [0.2, 0.25) is 0 Å². The lowest BCUT2D eigenvalue weighted by Crippen LogP contribution is -2.42. The fourth-order valence-corrected chi connectivity index (χ4v) is 2.00. The largest absolute Gasteiger partial charge is 0.480 e. The zero-order valence-corrected chi connectivity index (χ0v) is 8.76. The highest BCUT2D eigenvalue weighted by Crippen LogP contribution is 1.92. The number of aliphatic carboxylic acids is 1. The van der Waals surface area contributed by atoms with Crippen molar-refractivity contribution in [3.63, 3.8) is 0 Å². The SMILES string of the molecule is CC(CS(C)(=O)=O)NC(C)C(=O)O. The van der Waals surface area contributed by atoms with Gasteiger partial charge in [0.05, 0.1) is 5.75 Å². The Morgan fingerprint density at radius 1 is 1.46 bits per heavy atom. The lowest BCUT2D eigenvalue weighted by atomic mass is 10.3. The van der Waals surface area contributed by atoms with Gasteiger partial charge in [0.15, 0.2) is 0 Å². The van der Waals surface area contributed by atoms with Gasteiger partial charge in [-0.2, -0.15) is 0 Å². The van der Waals surface area contributed by atoms with Gasteiger partial charge in [0, 0.05) is 12.3 Å². The summed E-state index contributed by atoms with van der Waals surface area (Å²) in [5, 5.41) is 11.2. The molecule has 2 N–H and O–H groups in total. The monoisotopic (exact) mass is 209 g/mol. The van der Waals surface area contributed by atoms with Crippen molar-refractivity contribution in [3.05, 3.63) is 0 Å². The first kappa shape index (κ1) is 12.4. The summed E-state index contributed by atoms with van der Waals surface area (Å²) >= 11 is 0. The summed E-state index contributed by atoms with van der Waals surface area (Å²) in [6.07, 6.45) is 1.12. The molecule has 6 heteroatoms. The maximum atomic E-state index is 10.8. The number of rotatable bonds is 5. The van der Waals surface area contributed by atoms with E-state index >= 15 is 0 Å². The van der Waals surface area contributed by atoms with E-state index in [0.717, 1.165) is 6.26 Å². The molecule has 0 aromatic carbocycles. The average molecular weight is 209 g/mol. The van der Waals surface area contributed by atoms with Crippen molar-refractivity contribution in [1.29, 1.82) is 0 Å². The molecule has 0 saturated heterocycles. The molecule has 0 amide bonds. The Morgan fingerprint density at radius 3 is 2.23 bits per heavy atom. The third-order valence-corrected chi connectivity index (χ3v) is 2.56. The highest BCUT2D eigenvalue weighted by Gasteiger charge is 2.16. The van der Waals surface area contributed by atoms with Crippen molar-refractivity contribution < 1.29 is 18.3 Å². The van der Waals surface area contributed by atoms with Crippen molar-refractivity contribution in [1.82, 2.24) is 5.32 Å². The molecule has 0 saturated carbocycles. The molecule has 13 heavy (non-hydrogen) atoms. The van der Waals surface area contributed by atoms with Crippen molar-refractivity contribution in [3.8, 4) is 0 Å². The molecule has 0 aliphatic rings. The van der Waals surface area contributed by atoms with Gasteiger partial charge in [-0.05, 0) is 13.8 Å². The van der Waals surface area contributed by atoms with Crippen LogP contribution in [0.1, 0.15) is 13.8 Å². The molecular weight excluding hydrogens is 194 g/mol. The van der Waals surface area contributed by atoms with Crippen molar-refractivity contribution >= 4 is 15.8 Å². The molecule has 0 aromatic heterocycles. The Kier molecular flexibility index (Phi) is 4.35. The highest BCUT2D eigenvalue weighted by atomic mass is 32.2. The van der Waals surface area contributed by atoms with Crippen LogP contribution in [-0.2, 0) is 14.6 Å². The smallest absolute Gasteiger partial charge is 0.320 e. The fraction of sp³-hybridized carbons (Fsp3) is 0.857. The number of hydrogen-bond donors (Lipinski definition) is 2. The van der Waals surface area contributed by atoms with Gasteiger partial charge in [-0.3, -0.25) is 4.79 Å². The van der Waals surface area contributed by atoms with Crippen molar-refractivity contribution in [2.75, 3.05) is 12.0 Å². The molecule has 0 fully saturated rings. The molecule has 0 heterocycles. The van der Waals surface area contributed by atoms with Crippen LogP contribution in [0.4, 0.5) is 0 Å². The van der Waals surface area contributed by atoms with E-state index in [-0.39, 0.29) is 11.8 Å². The van der Waals surface area contributed by atoms with Crippen LogP contribution in [0.2, 0.25) is 0 Å². The number of nitrogens with one attached hydrogen (secondary N) is 1. The molecule has 0 spiro atoms. The zero-order valence-electron chi connectivity index (χ0n) is 7.94. The summed E-state index contributed by atoms with van der Waals surface area (Å²) in [5.41, 5.74) is 0. The summed E-state index contributed by atoms with van der Waals surface area (Å²) in [6, 6.07) is -1.07. The Morgan fingerprint density at radius 2 is 1.92 bits per heavy atom. The maximum Gasteiger partial charge on any atom is 0.320 e. The first-order chi connectivity index (χ1) is 5.72. The molecule has 2 atom stereocenters. The van der Waals surface area contributed by atoms with Gasteiger partial charge in [0.25, 0.3) is 0 Å². The standard InChI is InChI=1S/C7H15NO4S/c1-5(4-13(3,11)12)8-6(2)7(9)10/h5-6,8H,4H2,1-3H3,(H,9,10). The minimum Gasteiger partial charge on any atom is -0.480 e. The minimum absolute atomic E-state index is 0.0510. The molecular formula is C7H15NO4S. The highest BCUT2D eigenvalue weighted by molar-refractivity contribution is 7.90. The second-order valence-corrected chi connectivity index (χ2v) is 5.40. The third-order valence-electron chi connectivity index (χ3n) is 1.46. The van der Waals surface area contributed by atoms with Gasteiger partial charge in [-0.1, -0.05) is 0 Å². The van der Waals surface area contributed by atoms with Gasteiger partial charge in [-0.25, -0.2) is 8.42 Å². The van der Waals surface area contributed by atoms with Crippen LogP contribution in [0, 0.1) is 0 Å². The van der Waals surface area contributed by atoms with E-state index in [0.29, 0.717) is 0 Å². The summed E-state index contributed by atoms with van der Waals surface area (Å²) in [7, 11) is -3.05. The van der Waals surface area contributed by atoms with Gasteiger partial charge in [0.1, 0.15) is 15.9 Å². The first-order valence-electron chi connectivity index (χ1n) is 3.89. The second kappa shape index (κ2) is 4.57. The number of carbonyl (C=O) groups is 1. The predicted octanol–water partition coefficient (Wildman–Crippen LogP) is -0.518. The zero-order chi connectivity index (χ0) is 10.6. The fourth-order valence-electron chi connectivity index (χ4n) is 1.00. The Balaban J connectivity index is 4.02. The van der Waals surface area contributed by atoms with Crippen molar-refractivity contribution in [2.45, 2.75) is 25.9 Å². The molecule has 2 unspecified atom stereocenters. The van der Waals surface area contributed by atoms with Crippen LogP contribution >= 0.6 is 0 Å². The maximum absolute atomic E-state index is 10.8. The average Bonchev–Trinajstić information content (AvgIpc) is 1.81. The van der Waals surface area contributed by atoms with Crippen LogP contribution in [0.15, 0.2) is 0 Å². The molecule has 0 bridgehead atoms. The lowest BCUT2D eigenvalue weighted by Gasteiger charge is -2.15. The van der Waals surface area contributed by atoms with Gasteiger partial charge in [-0.15, -0.1) is 0 Å². The van der Waals surface area contributed by atoms with Crippen molar-refractivity contribution in [2.24, 2.45) is 0 Å². The van der Waals surface area contributed by atoms with Crippen LogP contribution < -0.4 is 5.32 Å².